The van der Waals surface area contributed by atoms with E-state index in [0.717, 1.165) is 10.6 Å². The van der Waals surface area contributed by atoms with E-state index in [2.05, 4.69) is 19.7 Å². The van der Waals surface area contributed by atoms with Crippen molar-refractivity contribution in [3.05, 3.63) is 70.2 Å². The summed E-state index contributed by atoms with van der Waals surface area (Å²) in [7, 11) is 0. The van der Waals surface area contributed by atoms with Gasteiger partial charge in [-0.15, -0.1) is 0 Å². The number of hydrogen-bond donors (Lipinski definition) is 2. The summed E-state index contributed by atoms with van der Waals surface area (Å²) in [4.78, 5) is 29.6. The van der Waals surface area contributed by atoms with Crippen LogP contribution in [0.2, 0.25) is 0 Å². The highest BCUT2D eigenvalue weighted by molar-refractivity contribution is 8.13. The van der Waals surface area contributed by atoms with Crippen molar-refractivity contribution >= 4 is 40.3 Å². The first kappa shape index (κ1) is 23.8. The standard InChI is InChI=1S/C24H25FN6O2S2/c1-14-18(25)19(23(2,3)33)28-21(27-14)31-11-16-12-34-22(29-20(32)15-7-5-4-6-8-15)30-24(16,13-31)17-9-10-26-35-17/h4-10,16,33H,11-13H2,1-3H3,(H,29,30,32)/t16-,24?/m0/s1. The van der Waals surface area contributed by atoms with Gasteiger partial charge in [0.25, 0.3) is 5.91 Å². The van der Waals surface area contributed by atoms with Gasteiger partial charge in [0.15, 0.2) is 11.0 Å². The summed E-state index contributed by atoms with van der Waals surface area (Å²) in [5, 5.41) is 14.0. The Bertz CT molecular complexity index is 1280. The second kappa shape index (κ2) is 8.96. The van der Waals surface area contributed by atoms with Gasteiger partial charge in [-0.3, -0.25) is 4.79 Å². The minimum Gasteiger partial charge on any atom is -0.384 e. The Hall–Kier alpha value is -2.89. The van der Waals surface area contributed by atoms with Gasteiger partial charge in [0.1, 0.15) is 16.8 Å². The summed E-state index contributed by atoms with van der Waals surface area (Å²) in [5.41, 5.74) is -1.38. The van der Waals surface area contributed by atoms with Crippen molar-refractivity contribution in [1.29, 1.82) is 0 Å². The van der Waals surface area contributed by atoms with Gasteiger partial charge in [-0.05, 0) is 50.5 Å². The molecule has 2 aromatic heterocycles. The molecule has 0 saturated carbocycles. The van der Waals surface area contributed by atoms with Crippen LogP contribution < -0.4 is 10.2 Å². The van der Waals surface area contributed by atoms with Crippen molar-refractivity contribution in [1.82, 2.24) is 19.7 Å². The van der Waals surface area contributed by atoms with Crippen LogP contribution in [0.3, 0.4) is 0 Å². The van der Waals surface area contributed by atoms with E-state index in [1.165, 1.54) is 37.1 Å². The lowest BCUT2D eigenvalue weighted by atomic mass is 9.87. The summed E-state index contributed by atoms with van der Waals surface area (Å²) in [5.74, 6) is 0.367. The molecule has 2 atom stereocenters. The quantitative estimate of drug-likeness (QED) is 0.552. The first-order valence-corrected chi connectivity index (χ1v) is 13.0. The normalized spacial score (nSPS) is 22.0. The number of fused-ring (bicyclic) bond motifs is 1. The van der Waals surface area contributed by atoms with Crippen molar-refractivity contribution in [2.24, 2.45) is 10.9 Å². The smallest absolute Gasteiger partial charge is 0.257 e. The molecular formula is C24H25FN6O2S2. The predicted octanol–water partition coefficient (Wildman–Crippen LogP) is 3.47. The molecule has 3 aromatic rings. The third-order valence-corrected chi connectivity index (χ3v) is 8.21. The van der Waals surface area contributed by atoms with Crippen LogP contribution in [0.1, 0.15) is 40.5 Å². The molecule has 1 fully saturated rings. The van der Waals surface area contributed by atoms with Gasteiger partial charge < -0.3 is 15.3 Å². The molecular weight excluding hydrogens is 487 g/mol. The van der Waals surface area contributed by atoms with E-state index < -0.39 is 17.0 Å². The zero-order valence-electron chi connectivity index (χ0n) is 19.5. The van der Waals surface area contributed by atoms with Crippen LogP contribution in [0.5, 0.6) is 0 Å². The van der Waals surface area contributed by atoms with Crippen LogP contribution in [-0.4, -0.2) is 49.4 Å². The molecule has 0 bridgehead atoms. The number of aliphatic hydroxyl groups is 1. The molecule has 1 aromatic carbocycles. The highest BCUT2D eigenvalue weighted by Crippen LogP contribution is 2.47. The van der Waals surface area contributed by atoms with E-state index in [9.17, 15) is 14.3 Å². The number of carbonyl (C=O) groups is 1. The van der Waals surface area contributed by atoms with Gasteiger partial charge in [0, 0.05) is 30.0 Å². The first-order valence-electron chi connectivity index (χ1n) is 11.2. The Kier molecular flexibility index (Phi) is 6.10. The lowest BCUT2D eigenvalue weighted by molar-refractivity contribution is 0.0691. The average molecular weight is 513 g/mol. The van der Waals surface area contributed by atoms with Crippen LogP contribution in [0.4, 0.5) is 10.3 Å². The molecule has 1 amide bonds. The molecule has 1 saturated heterocycles. The monoisotopic (exact) mass is 512 g/mol. The van der Waals surface area contributed by atoms with Crippen LogP contribution in [0, 0.1) is 18.7 Å². The number of aromatic nitrogens is 3. The molecule has 0 spiro atoms. The Morgan fingerprint density at radius 3 is 2.71 bits per heavy atom. The molecule has 182 valence electrons. The molecule has 11 heteroatoms. The summed E-state index contributed by atoms with van der Waals surface area (Å²) in [6, 6.07) is 11.0. The molecule has 8 nitrogen and oxygen atoms in total. The van der Waals surface area contributed by atoms with E-state index in [1.54, 1.807) is 25.3 Å². The van der Waals surface area contributed by atoms with E-state index in [0.29, 0.717) is 29.8 Å². The molecule has 4 heterocycles. The molecule has 5 rings (SSSR count). The van der Waals surface area contributed by atoms with Crippen LogP contribution >= 0.6 is 23.3 Å². The zero-order chi connectivity index (χ0) is 24.8. The minimum absolute atomic E-state index is 0.0320. The largest absolute Gasteiger partial charge is 0.384 e. The zero-order valence-corrected chi connectivity index (χ0v) is 21.2. The van der Waals surface area contributed by atoms with Gasteiger partial charge in [-0.2, -0.15) is 0 Å². The van der Waals surface area contributed by atoms with E-state index in [1.807, 2.05) is 29.2 Å². The fourth-order valence-electron chi connectivity index (χ4n) is 4.45. The molecule has 2 aliphatic rings. The molecule has 2 aliphatic heterocycles. The molecule has 0 radical (unpaired) electrons. The summed E-state index contributed by atoms with van der Waals surface area (Å²) >= 11 is 2.88. The summed E-state index contributed by atoms with van der Waals surface area (Å²) in [6.45, 7) is 5.63. The lowest BCUT2D eigenvalue weighted by Crippen LogP contribution is -2.42. The fourth-order valence-corrected chi connectivity index (χ4v) is 6.38. The Balaban J connectivity index is 1.50. The number of aliphatic imine (C=N–C) groups is 1. The van der Waals surface area contributed by atoms with Crippen molar-refractivity contribution in [2.45, 2.75) is 31.9 Å². The van der Waals surface area contributed by atoms with E-state index >= 15 is 0 Å². The van der Waals surface area contributed by atoms with Crippen molar-refractivity contribution in [3.8, 4) is 0 Å². The number of rotatable bonds is 4. The number of amides is 1. The number of amidine groups is 1. The third-order valence-electron chi connectivity index (χ3n) is 6.26. The van der Waals surface area contributed by atoms with Crippen molar-refractivity contribution in [3.63, 3.8) is 0 Å². The maximum absolute atomic E-state index is 14.7. The van der Waals surface area contributed by atoms with Gasteiger partial charge in [0.05, 0.1) is 17.1 Å². The lowest BCUT2D eigenvalue weighted by Gasteiger charge is -2.33. The number of carbonyl (C=O) groups excluding carboxylic acids is 1. The van der Waals surface area contributed by atoms with Crippen molar-refractivity contribution in [2.75, 3.05) is 23.7 Å². The maximum atomic E-state index is 14.7. The highest BCUT2D eigenvalue weighted by Gasteiger charge is 2.52. The third kappa shape index (κ3) is 4.43. The van der Waals surface area contributed by atoms with E-state index in [4.69, 9.17) is 4.99 Å². The Labute approximate surface area is 210 Å². The molecule has 2 N–H and O–H groups in total. The van der Waals surface area contributed by atoms with Gasteiger partial charge in [0.2, 0.25) is 5.95 Å². The van der Waals surface area contributed by atoms with Crippen LogP contribution in [0.25, 0.3) is 0 Å². The number of benzene rings is 1. The number of halogens is 1. The number of anilines is 1. The highest BCUT2D eigenvalue weighted by atomic mass is 32.2. The number of thioether (sulfide) groups is 1. The SMILES string of the molecule is Cc1nc(N2C[C@H]3CSC(NC(=O)c4ccccc4)=NC3(c3ccns3)C2)nc(C(C)(C)O)c1F. The minimum atomic E-state index is -1.45. The Morgan fingerprint density at radius 2 is 2.03 bits per heavy atom. The second-order valence-corrected chi connectivity index (χ2v) is 11.1. The molecule has 1 unspecified atom stereocenters. The average Bonchev–Trinajstić information content (AvgIpc) is 3.49. The summed E-state index contributed by atoms with van der Waals surface area (Å²) in [6.07, 6.45) is 1.75. The molecule has 35 heavy (non-hydrogen) atoms. The van der Waals surface area contributed by atoms with Gasteiger partial charge >= 0.3 is 0 Å². The fraction of sp³-hybridized carbons (Fsp3) is 0.375. The summed E-state index contributed by atoms with van der Waals surface area (Å²) < 4.78 is 19.0. The van der Waals surface area contributed by atoms with Gasteiger partial charge in [-0.1, -0.05) is 30.0 Å². The van der Waals surface area contributed by atoms with Crippen LogP contribution in [-0.2, 0) is 11.1 Å². The maximum Gasteiger partial charge on any atom is 0.257 e. The van der Waals surface area contributed by atoms with Crippen LogP contribution in [0.15, 0.2) is 47.6 Å². The first-order chi connectivity index (χ1) is 16.7. The topological polar surface area (TPSA) is 104 Å². The second-order valence-electron chi connectivity index (χ2n) is 9.26. The number of nitrogens with zero attached hydrogens (tertiary/aromatic N) is 5. The number of aryl methyl sites for hydroxylation is 1. The number of hydrogen-bond acceptors (Lipinski definition) is 9. The van der Waals surface area contributed by atoms with E-state index in [-0.39, 0.29) is 23.2 Å². The molecule has 0 aliphatic carbocycles. The Morgan fingerprint density at radius 1 is 1.26 bits per heavy atom. The van der Waals surface area contributed by atoms with Gasteiger partial charge in [-0.25, -0.2) is 23.7 Å². The van der Waals surface area contributed by atoms with Crippen molar-refractivity contribution < 1.29 is 14.3 Å². The number of nitrogens with one attached hydrogen (secondary N) is 1. The predicted molar refractivity (Wildman–Crippen MR) is 135 cm³/mol.